The van der Waals surface area contributed by atoms with Crippen molar-refractivity contribution in [2.75, 3.05) is 7.11 Å². The first-order valence-electron chi connectivity index (χ1n) is 4.38. The van der Waals surface area contributed by atoms with E-state index in [1.165, 1.54) is 13.2 Å². The van der Waals surface area contributed by atoms with Crippen LogP contribution in [0, 0.1) is 3.57 Å². The molecule has 0 N–H and O–H groups in total. The summed E-state index contributed by atoms with van der Waals surface area (Å²) in [5.41, 5.74) is 9.02. The number of carbonyl (C=O) groups is 1. The Morgan fingerprint density at radius 1 is 1.65 bits per heavy atom. The number of ether oxygens (including phenoxy) is 1. The van der Waals surface area contributed by atoms with E-state index in [-0.39, 0.29) is 5.70 Å². The Morgan fingerprint density at radius 2 is 2.35 bits per heavy atom. The van der Waals surface area contributed by atoms with Crippen molar-refractivity contribution in [3.05, 3.63) is 47.9 Å². The van der Waals surface area contributed by atoms with Gasteiger partial charge in [0.2, 0.25) is 0 Å². The molecular weight excluding hydrogens is 401 g/mol. The minimum absolute atomic E-state index is 0.0862. The van der Waals surface area contributed by atoms with Gasteiger partial charge in [-0.15, -0.1) is 0 Å². The van der Waals surface area contributed by atoms with Gasteiger partial charge < -0.3 is 4.74 Å². The van der Waals surface area contributed by atoms with Crippen LogP contribution in [0.5, 0.6) is 0 Å². The van der Waals surface area contributed by atoms with E-state index in [0.717, 1.165) is 13.6 Å². The zero-order valence-electron chi connectivity index (χ0n) is 8.72. The number of hydrogen-bond acceptors (Lipinski definition) is 3. The zero-order valence-corrected chi connectivity index (χ0v) is 12.5. The highest BCUT2D eigenvalue weighted by atomic mass is 127. The van der Waals surface area contributed by atoms with E-state index < -0.39 is 5.97 Å². The van der Waals surface area contributed by atoms with E-state index in [1.807, 2.05) is 18.2 Å². The Morgan fingerprint density at radius 3 is 2.88 bits per heavy atom. The van der Waals surface area contributed by atoms with Crippen LogP contribution in [0.4, 0.5) is 0 Å². The summed E-state index contributed by atoms with van der Waals surface area (Å²) in [5.74, 6) is -0.673. The van der Waals surface area contributed by atoms with Crippen LogP contribution >= 0.6 is 38.5 Å². The summed E-state index contributed by atoms with van der Waals surface area (Å²) in [5, 5.41) is 3.30. The van der Waals surface area contributed by atoms with Crippen LogP contribution in [0.2, 0.25) is 0 Å². The average Bonchev–Trinajstić information content (AvgIpc) is 2.30. The van der Waals surface area contributed by atoms with E-state index in [4.69, 9.17) is 5.53 Å². The van der Waals surface area contributed by atoms with Crippen molar-refractivity contribution in [2.24, 2.45) is 5.11 Å². The van der Waals surface area contributed by atoms with Crippen LogP contribution in [0.15, 0.2) is 33.5 Å². The first kappa shape index (κ1) is 14.0. The van der Waals surface area contributed by atoms with Gasteiger partial charge in [0.15, 0.2) is 0 Å². The van der Waals surface area contributed by atoms with Crippen LogP contribution in [0.1, 0.15) is 5.56 Å². The molecule has 0 radical (unpaired) electrons. The molecule has 0 aliphatic heterocycles. The second-order valence-corrected chi connectivity index (χ2v) is 4.98. The van der Waals surface area contributed by atoms with E-state index in [1.54, 1.807) is 0 Å². The number of esters is 1. The summed E-state index contributed by atoms with van der Waals surface area (Å²) in [4.78, 5) is 13.9. The molecular formula is C10H7BrIN3O2. The smallest absolute Gasteiger partial charge is 0.340 e. The summed E-state index contributed by atoms with van der Waals surface area (Å²) in [7, 11) is 1.23. The van der Waals surface area contributed by atoms with Crippen LogP contribution in [-0.2, 0) is 9.53 Å². The largest absolute Gasteiger partial charge is 0.466 e. The van der Waals surface area contributed by atoms with Gasteiger partial charge in [0, 0.05) is 13.0 Å². The van der Waals surface area contributed by atoms with Gasteiger partial charge in [-0.1, -0.05) is 27.1 Å². The maximum absolute atomic E-state index is 11.3. The lowest BCUT2D eigenvalue weighted by Crippen LogP contribution is -2.02. The van der Waals surface area contributed by atoms with Gasteiger partial charge in [-0.2, -0.15) is 0 Å². The Bertz CT molecular complexity index is 524. The lowest BCUT2D eigenvalue weighted by Gasteiger charge is -2.02. The summed E-state index contributed by atoms with van der Waals surface area (Å²) < 4.78 is 6.37. The van der Waals surface area contributed by atoms with Gasteiger partial charge in [-0.25, -0.2) is 4.79 Å². The van der Waals surface area contributed by atoms with Crippen molar-refractivity contribution in [3.8, 4) is 0 Å². The van der Waals surface area contributed by atoms with Crippen LogP contribution < -0.4 is 0 Å². The number of carbonyl (C=O) groups excluding carboxylic acids is 1. The third-order valence-electron chi connectivity index (χ3n) is 1.80. The van der Waals surface area contributed by atoms with Crippen LogP contribution in [-0.4, -0.2) is 13.1 Å². The topological polar surface area (TPSA) is 75.1 Å². The number of hydrogen-bond donors (Lipinski definition) is 0. The molecule has 0 heterocycles. The van der Waals surface area contributed by atoms with Gasteiger partial charge in [-0.3, -0.25) is 0 Å². The molecule has 0 aliphatic rings. The zero-order chi connectivity index (χ0) is 12.8. The van der Waals surface area contributed by atoms with Crippen molar-refractivity contribution < 1.29 is 9.53 Å². The number of rotatable bonds is 3. The SMILES string of the molecule is COC(=O)/C(=C\c1ccc(I)cc1Br)N=[N+]=[N-]. The maximum Gasteiger partial charge on any atom is 0.340 e. The Labute approximate surface area is 120 Å². The molecule has 0 atom stereocenters. The van der Waals surface area contributed by atoms with Crippen LogP contribution in [0.25, 0.3) is 16.5 Å². The minimum Gasteiger partial charge on any atom is -0.466 e. The molecule has 1 aromatic rings. The van der Waals surface area contributed by atoms with E-state index in [9.17, 15) is 4.79 Å². The third-order valence-corrected chi connectivity index (χ3v) is 3.16. The minimum atomic E-state index is -0.673. The first-order valence-corrected chi connectivity index (χ1v) is 6.26. The molecule has 0 aliphatic carbocycles. The van der Waals surface area contributed by atoms with E-state index >= 15 is 0 Å². The molecule has 0 spiro atoms. The van der Waals surface area contributed by atoms with Gasteiger partial charge in [0.25, 0.3) is 0 Å². The molecule has 7 heteroatoms. The molecule has 0 amide bonds. The number of azide groups is 1. The van der Waals surface area contributed by atoms with Gasteiger partial charge >= 0.3 is 5.97 Å². The second kappa shape index (κ2) is 6.63. The summed E-state index contributed by atoms with van der Waals surface area (Å²) in [6.07, 6.45) is 1.46. The lowest BCUT2D eigenvalue weighted by atomic mass is 10.2. The third kappa shape index (κ3) is 4.03. The molecule has 1 rings (SSSR count). The van der Waals surface area contributed by atoms with Crippen molar-refractivity contribution in [3.63, 3.8) is 0 Å². The lowest BCUT2D eigenvalue weighted by molar-refractivity contribution is -0.136. The molecule has 5 nitrogen and oxygen atoms in total. The molecule has 17 heavy (non-hydrogen) atoms. The summed E-state index contributed by atoms with van der Waals surface area (Å²) in [6, 6.07) is 5.57. The highest BCUT2D eigenvalue weighted by molar-refractivity contribution is 14.1. The Hall–Kier alpha value is -1.05. The number of halogens is 2. The first-order chi connectivity index (χ1) is 8.08. The fourth-order valence-electron chi connectivity index (χ4n) is 1.05. The molecule has 88 valence electrons. The summed E-state index contributed by atoms with van der Waals surface area (Å²) in [6.45, 7) is 0. The maximum atomic E-state index is 11.3. The van der Waals surface area contributed by atoms with Crippen molar-refractivity contribution in [1.29, 1.82) is 0 Å². The standard InChI is InChI=1S/C10H7BrIN3O2/c1-17-10(16)9(14-15-13)4-6-2-3-7(12)5-8(6)11/h2-5H,1H3/b9-4+. The predicted octanol–water partition coefficient (Wildman–Crippen LogP) is 3.88. The predicted molar refractivity (Wildman–Crippen MR) is 76.0 cm³/mol. The van der Waals surface area contributed by atoms with E-state index in [0.29, 0.717) is 0 Å². The fourth-order valence-corrected chi connectivity index (χ4v) is 2.46. The number of methoxy groups -OCH3 is 1. The molecule has 0 fully saturated rings. The average molecular weight is 408 g/mol. The highest BCUT2D eigenvalue weighted by Gasteiger charge is 2.08. The Balaban J connectivity index is 3.21. The van der Waals surface area contributed by atoms with Crippen molar-refractivity contribution in [2.45, 2.75) is 0 Å². The quantitative estimate of drug-likeness (QED) is 0.190. The van der Waals surface area contributed by atoms with Gasteiger partial charge in [0.1, 0.15) is 5.70 Å². The highest BCUT2D eigenvalue weighted by Crippen LogP contribution is 2.22. The van der Waals surface area contributed by atoms with Crippen LogP contribution in [0.3, 0.4) is 0 Å². The summed E-state index contributed by atoms with van der Waals surface area (Å²) >= 11 is 5.53. The monoisotopic (exact) mass is 407 g/mol. The molecule has 1 aromatic carbocycles. The van der Waals surface area contributed by atoms with Crippen molar-refractivity contribution >= 4 is 50.6 Å². The second-order valence-electron chi connectivity index (χ2n) is 2.88. The van der Waals surface area contributed by atoms with Gasteiger partial charge in [0.05, 0.1) is 7.11 Å². The molecule has 0 aromatic heterocycles. The molecule has 0 saturated carbocycles. The molecule has 0 unspecified atom stereocenters. The molecule has 0 saturated heterocycles. The Kier molecular flexibility index (Phi) is 5.46. The number of nitrogens with zero attached hydrogens (tertiary/aromatic N) is 3. The van der Waals surface area contributed by atoms with E-state index in [2.05, 4.69) is 53.3 Å². The van der Waals surface area contributed by atoms with Gasteiger partial charge in [-0.05, 0) is 51.9 Å². The van der Waals surface area contributed by atoms with Crippen molar-refractivity contribution in [1.82, 2.24) is 0 Å². The number of benzene rings is 1. The molecule has 0 bridgehead atoms. The fraction of sp³-hybridized carbons (Fsp3) is 0.100. The normalized spacial score (nSPS) is 10.6.